The van der Waals surface area contributed by atoms with Crippen molar-refractivity contribution in [1.82, 2.24) is 10.9 Å². The van der Waals surface area contributed by atoms with Gasteiger partial charge in [0.1, 0.15) is 17.5 Å². The van der Waals surface area contributed by atoms with Gasteiger partial charge in [-0.25, -0.2) is 10.9 Å². The third kappa shape index (κ3) is 4.12. The average Bonchev–Trinajstić information content (AvgIpc) is 3.17. The fraction of sp³-hybridized carbons (Fsp3) is 0.316. The zero-order chi connectivity index (χ0) is 18.5. The van der Waals surface area contributed by atoms with Crippen molar-refractivity contribution in [1.29, 1.82) is 0 Å². The van der Waals surface area contributed by atoms with Crippen LogP contribution in [0.5, 0.6) is 11.5 Å². The SMILES string of the molecule is COc1ccc(C2CC(C(=O)Nc3cccc(SC)c3)NN2)c(OC)c1. The Morgan fingerprint density at radius 1 is 1.15 bits per heavy atom. The van der Waals surface area contributed by atoms with Gasteiger partial charge in [-0.3, -0.25) is 4.79 Å². The first-order chi connectivity index (χ1) is 12.6. The largest absolute Gasteiger partial charge is 0.497 e. The molecule has 6 nitrogen and oxygen atoms in total. The second kappa shape index (κ2) is 8.44. The van der Waals surface area contributed by atoms with Crippen LogP contribution in [0.15, 0.2) is 47.4 Å². The lowest BCUT2D eigenvalue weighted by Crippen LogP contribution is -2.39. The summed E-state index contributed by atoms with van der Waals surface area (Å²) in [5.41, 5.74) is 8.05. The minimum Gasteiger partial charge on any atom is -0.497 e. The standard InChI is InChI=1S/C19H23N3O3S/c1-24-13-7-8-15(18(10-13)25-2)16-11-17(22-21-16)19(23)20-12-5-4-6-14(9-12)26-3/h4-10,16-17,21-22H,11H2,1-3H3,(H,20,23). The Kier molecular flexibility index (Phi) is 6.03. The minimum atomic E-state index is -0.329. The van der Waals surface area contributed by atoms with Gasteiger partial charge in [0.15, 0.2) is 0 Å². The number of nitrogens with one attached hydrogen (secondary N) is 3. The maximum absolute atomic E-state index is 12.6. The van der Waals surface area contributed by atoms with Crippen LogP contribution in [0.1, 0.15) is 18.0 Å². The maximum Gasteiger partial charge on any atom is 0.242 e. The van der Waals surface area contributed by atoms with Crippen LogP contribution in [0.4, 0.5) is 5.69 Å². The van der Waals surface area contributed by atoms with Crippen LogP contribution in [0.25, 0.3) is 0 Å². The van der Waals surface area contributed by atoms with Crippen LogP contribution < -0.4 is 25.6 Å². The molecule has 0 spiro atoms. The van der Waals surface area contributed by atoms with Crippen LogP contribution >= 0.6 is 11.8 Å². The molecule has 0 aliphatic carbocycles. The summed E-state index contributed by atoms with van der Waals surface area (Å²) < 4.78 is 10.7. The van der Waals surface area contributed by atoms with Gasteiger partial charge in [0, 0.05) is 22.2 Å². The molecule has 1 fully saturated rings. The number of methoxy groups -OCH3 is 2. The predicted molar refractivity (Wildman–Crippen MR) is 104 cm³/mol. The first kappa shape index (κ1) is 18.6. The van der Waals surface area contributed by atoms with Crippen molar-refractivity contribution in [2.45, 2.75) is 23.4 Å². The van der Waals surface area contributed by atoms with Crippen molar-refractivity contribution in [2.24, 2.45) is 0 Å². The number of hydrazine groups is 1. The third-order valence-corrected chi connectivity index (χ3v) is 5.10. The molecule has 3 rings (SSSR count). The molecule has 2 unspecified atom stereocenters. The second-order valence-electron chi connectivity index (χ2n) is 5.96. The predicted octanol–water partition coefficient (Wildman–Crippen LogP) is 2.97. The van der Waals surface area contributed by atoms with Gasteiger partial charge >= 0.3 is 0 Å². The quantitative estimate of drug-likeness (QED) is 0.676. The lowest BCUT2D eigenvalue weighted by molar-refractivity contribution is -0.117. The third-order valence-electron chi connectivity index (χ3n) is 4.37. The number of amides is 1. The highest BCUT2D eigenvalue weighted by molar-refractivity contribution is 7.98. The number of hydrogen-bond donors (Lipinski definition) is 3. The molecule has 1 aliphatic heterocycles. The summed E-state index contributed by atoms with van der Waals surface area (Å²) >= 11 is 1.64. The highest BCUT2D eigenvalue weighted by Crippen LogP contribution is 2.33. The van der Waals surface area contributed by atoms with Gasteiger partial charge in [0.05, 0.1) is 20.3 Å². The number of hydrogen-bond acceptors (Lipinski definition) is 6. The molecular formula is C19H23N3O3S. The summed E-state index contributed by atoms with van der Waals surface area (Å²) in [6.07, 6.45) is 2.63. The van der Waals surface area contributed by atoms with Crippen molar-refractivity contribution in [2.75, 3.05) is 25.8 Å². The van der Waals surface area contributed by atoms with E-state index in [0.29, 0.717) is 6.42 Å². The van der Waals surface area contributed by atoms with E-state index in [0.717, 1.165) is 27.6 Å². The lowest BCUT2D eigenvalue weighted by Gasteiger charge is -2.15. The summed E-state index contributed by atoms with van der Waals surface area (Å²) in [5.74, 6) is 1.41. The molecule has 26 heavy (non-hydrogen) atoms. The van der Waals surface area contributed by atoms with E-state index < -0.39 is 0 Å². The molecule has 2 aromatic rings. The monoisotopic (exact) mass is 373 g/mol. The number of rotatable bonds is 6. The van der Waals surface area contributed by atoms with Gasteiger partial charge in [-0.05, 0) is 36.9 Å². The molecule has 0 bridgehead atoms. The number of carbonyl (C=O) groups is 1. The maximum atomic E-state index is 12.6. The van der Waals surface area contributed by atoms with Gasteiger partial charge in [0.25, 0.3) is 0 Å². The van der Waals surface area contributed by atoms with Crippen molar-refractivity contribution < 1.29 is 14.3 Å². The molecule has 2 atom stereocenters. The zero-order valence-electron chi connectivity index (χ0n) is 15.0. The first-order valence-corrected chi connectivity index (χ1v) is 9.55. The summed E-state index contributed by atoms with van der Waals surface area (Å²) in [5, 5.41) is 2.97. The number of ether oxygens (including phenoxy) is 2. The van der Waals surface area contributed by atoms with E-state index in [4.69, 9.17) is 9.47 Å². The van der Waals surface area contributed by atoms with E-state index in [9.17, 15) is 4.79 Å². The number of anilines is 1. The van der Waals surface area contributed by atoms with Crippen LogP contribution in [-0.2, 0) is 4.79 Å². The molecule has 1 aliphatic rings. The van der Waals surface area contributed by atoms with Crippen LogP contribution in [-0.4, -0.2) is 32.4 Å². The molecule has 1 amide bonds. The molecular weight excluding hydrogens is 350 g/mol. The second-order valence-corrected chi connectivity index (χ2v) is 6.84. The van der Waals surface area contributed by atoms with E-state index in [-0.39, 0.29) is 18.0 Å². The van der Waals surface area contributed by atoms with E-state index in [1.807, 2.05) is 48.7 Å². The minimum absolute atomic E-state index is 0.0239. The Balaban J connectivity index is 1.67. The molecule has 1 saturated heterocycles. The van der Waals surface area contributed by atoms with E-state index in [1.165, 1.54) is 0 Å². The van der Waals surface area contributed by atoms with Crippen molar-refractivity contribution in [3.8, 4) is 11.5 Å². The summed E-state index contributed by atoms with van der Waals surface area (Å²) in [4.78, 5) is 13.7. The smallest absolute Gasteiger partial charge is 0.242 e. The summed E-state index contributed by atoms with van der Waals surface area (Å²) in [7, 11) is 3.25. The number of thioether (sulfide) groups is 1. The highest BCUT2D eigenvalue weighted by atomic mass is 32.2. The molecule has 2 aromatic carbocycles. The Morgan fingerprint density at radius 2 is 2.00 bits per heavy atom. The lowest BCUT2D eigenvalue weighted by atomic mass is 10.0. The van der Waals surface area contributed by atoms with Gasteiger partial charge in [-0.2, -0.15) is 0 Å². The van der Waals surface area contributed by atoms with Crippen LogP contribution in [0.3, 0.4) is 0 Å². The van der Waals surface area contributed by atoms with Gasteiger partial charge in [-0.1, -0.05) is 12.1 Å². The fourth-order valence-corrected chi connectivity index (χ4v) is 3.43. The van der Waals surface area contributed by atoms with Crippen molar-refractivity contribution in [3.05, 3.63) is 48.0 Å². The van der Waals surface area contributed by atoms with Gasteiger partial charge < -0.3 is 14.8 Å². The molecule has 138 valence electrons. The molecule has 0 radical (unpaired) electrons. The average molecular weight is 373 g/mol. The molecule has 0 aromatic heterocycles. The molecule has 0 saturated carbocycles. The Labute approximate surface area is 157 Å². The Hall–Kier alpha value is -2.22. The van der Waals surface area contributed by atoms with Crippen molar-refractivity contribution >= 4 is 23.4 Å². The first-order valence-electron chi connectivity index (χ1n) is 8.32. The van der Waals surface area contributed by atoms with Crippen molar-refractivity contribution in [3.63, 3.8) is 0 Å². The highest BCUT2D eigenvalue weighted by Gasteiger charge is 2.31. The fourth-order valence-electron chi connectivity index (χ4n) is 2.97. The Bertz CT molecular complexity index is 784. The molecule has 1 heterocycles. The van der Waals surface area contributed by atoms with E-state index >= 15 is 0 Å². The van der Waals surface area contributed by atoms with Crippen LogP contribution in [0, 0.1) is 0 Å². The van der Waals surface area contributed by atoms with Gasteiger partial charge in [-0.15, -0.1) is 11.8 Å². The van der Waals surface area contributed by atoms with Crippen LogP contribution in [0.2, 0.25) is 0 Å². The molecule has 7 heteroatoms. The summed E-state index contributed by atoms with van der Waals surface area (Å²) in [6.45, 7) is 0. The summed E-state index contributed by atoms with van der Waals surface area (Å²) in [6, 6.07) is 13.2. The number of carbonyl (C=O) groups excluding carboxylic acids is 1. The number of benzene rings is 2. The molecule has 3 N–H and O–H groups in total. The normalized spacial score (nSPS) is 19.2. The van der Waals surface area contributed by atoms with E-state index in [2.05, 4.69) is 16.2 Å². The zero-order valence-corrected chi connectivity index (χ0v) is 15.9. The Morgan fingerprint density at radius 3 is 2.73 bits per heavy atom. The van der Waals surface area contributed by atoms with E-state index in [1.54, 1.807) is 26.0 Å². The topological polar surface area (TPSA) is 71.6 Å². The van der Waals surface area contributed by atoms with Gasteiger partial charge in [0.2, 0.25) is 5.91 Å².